The molecule has 0 radical (unpaired) electrons. The number of carbonyl (C=O) groups is 2. The van der Waals surface area contributed by atoms with E-state index in [2.05, 4.69) is 26.1 Å². The lowest BCUT2D eigenvalue weighted by molar-refractivity contribution is -0.121. The second-order valence-electron chi connectivity index (χ2n) is 8.14. The van der Waals surface area contributed by atoms with Crippen molar-refractivity contribution >= 4 is 17.5 Å². The lowest BCUT2D eigenvalue weighted by Crippen LogP contribution is -2.35. The van der Waals surface area contributed by atoms with E-state index in [1.807, 2.05) is 48.5 Å². The standard InChI is InChI=1S/C24H32N2O3/c1-18(27)26(22-12-7-6-11-21(22)24(2,3)4)16-14-23(28)25-15-13-19-9-8-10-20(17-19)29-5/h6-12,17H,13-16H2,1-5H3,(H,25,28). The summed E-state index contributed by atoms with van der Waals surface area (Å²) >= 11 is 0. The predicted molar refractivity (Wildman–Crippen MR) is 117 cm³/mol. The molecule has 0 aliphatic carbocycles. The van der Waals surface area contributed by atoms with Gasteiger partial charge in [-0.3, -0.25) is 9.59 Å². The molecule has 29 heavy (non-hydrogen) atoms. The maximum atomic E-state index is 12.3. The van der Waals surface area contributed by atoms with Gasteiger partial charge in [0.25, 0.3) is 0 Å². The first-order valence-electron chi connectivity index (χ1n) is 9.99. The summed E-state index contributed by atoms with van der Waals surface area (Å²) in [7, 11) is 1.64. The van der Waals surface area contributed by atoms with Crippen LogP contribution in [0.3, 0.4) is 0 Å². The van der Waals surface area contributed by atoms with E-state index in [1.165, 1.54) is 0 Å². The van der Waals surface area contributed by atoms with Gasteiger partial charge in [0.05, 0.1) is 7.11 Å². The average molecular weight is 397 g/mol. The van der Waals surface area contributed by atoms with Crippen LogP contribution in [0.15, 0.2) is 48.5 Å². The Morgan fingerprint density at radius 3 is 2.45 bits per heavy atom. The molecule has 2 aromatic carbocycles. The monoisotopic (exact) mass is 396 g/mol. The second-order valence-corrected chi connectivity index (χ2v) is 8.14. The number of anilines is 1. The van der Waals surface area contributed by atoms with Crippen LogP contribution in [0, 0.1) is 0 Å². The Labute approximate surface area is 174 Å². The molecule has 2 rings (SSSR count). The third-order valence-electron chi connectivity index (χ3n) is 4.82. The van der Waals surface area contributed by atoms with Crippen LogP contribution < -0.4 is 15.0 Å². The molecule has 5 nitrogen and oxygen atoms in total. The third kappa shape index (κ3) is 6.63. The van der Waals surface area contributed by atoms with E-state index < -0.39 is 0 Å². The number of hydrogen-bond donors (Lipinski definition) is 1. The Balaban J connectivity index is 1.94. The van der Waals surface area contributed by atoms with Crippen molar-refractivity contribution in [2.24, 2.45) is 0 Å². The van der Waals surface area contributed by atoms with Crippen molar-refractivity contribution in [2.45, 2.75) is 46.0 Å². The molecule has 0 saturated carbocycles. The van der Waals surface area contributed by atoms with E-state index >= 15 is 0 Å². The van der Waals surface area contributed by atoms with Gasteiger partial charge in [-0.1, -0.05) is 51.1 Å². The maximum absolute atomic E-state index is 12.3. The second kappa shape index (κ2) is 10.1. The quantitative estimate of drug-likeness (QED) is 0.731. The average Bonchev–Trinajstić information content (AvgIpc) is 2.67. The minimum atomic E-state index is -0.0940. The van der Waals surface area contributed by atoms with Crippen LogP contribution in [-0.2, 0) is 21.4 Å². The third-order valence-corrected chi connectivity index (χ3v) is 4.82. The number of methoxy groups -OCH3 is 1. The lowest BCUT2D eigenvalue weighted by atomic mass is 9.85. The van der Waals surface area contributed by atoms with Crippen molar-refractivity contribution in [2.75, 3.05) is 25.1 Å². The molecule has 1 N–H and O–H groups in total. The fraction of sp³-hybridized carbons (Fsp3) is 0.417. The number of ether oxygens (including phenoxy) is 1. The molecule has 0 saturated heterocycles. The Kier molecular flexibility index (Phi) is 7.82. The zero-order valence-electron chi connectivity index (χ0n) is 18.1. The SMILES string of the molecule is COc1cccc(CCNC(=O)CCN(C(C)=O)c2ccccc2C(C)(C)C)c1. The maximum Gasteiger partial charge on any atom is 0.223 e. The fourth-order valence-electron chi connectivity index (χ4n) is 3.27. The molecule has 0 unspecified atom stereocenters. The van der Waals surface area contributed by atoms with Crippen LogP contribution in [-0.4, -0.2) is 32.0 Å². The van der Waals surface area contributed by atoms with Crippen molar-refractivity contribution < 1.29 is 14.3 Å². The van der Waals surface area contributed by atoms with Gasteiger partial charge in [0, 0.05) is 32.1 Å². The molecule has 0 aliphatic heterocycles. The normalized spacial score (nSPS) is 11.1. The summed E-state index contributed by atoms with van der Waals surface area (Å²) in [5, 5.41) is 2.94. The van der Waals surface area contributed by atoms with Gasteiger partial charge in [-0.15, -0.1) is 0 Å². The Hall–Kier alpha value is -2.82. The van der Waals surface area contributed by atoms with Gasteiger partial charge in [0.15, 0.2) is 0 Å². The van der Waals surface area contributed by atoms with Gasteiger partial charge in [0.1, 0.15) is 5.75 Å². The molecule has 0 aliphatic rings. The lowest BCUT2D eigenvalue weighted by Gasteiger charge is -2.29. The molecule has 2 aromatic rings. The minimum absolute atomic E-state index is 0.0626. The molecular formula is C24H32N2O3. The first-order valence-corrected chi connectivity index (χ1v) is 9.99. The molecule has 0 aromatic heterocycles. The summed E-state index contributed by atoms with van der Waals surface area (Å²) in [6, 6.07) is 15.7. The first-order chi connectivity index (χ1) is 13.7. The van der Waals surface area contributed by atoms with Gasteiger partial charge < -0.3 is 15.0 Å². The van der Waals surface area contributed by atoms with Crippen LogP contribution in [0.5, 0.6) is 5.75 Å². The van der Waals surface area contributed by atoms with E-state index in [1.54, 1.807) is 18.9 Å². The molecule has 0 bridgehead atoms. The number of carbonyl (C=O) groups excluding carboxylic acids is 2. The zero-order chi connectivity index (χ0) is 21.4. The summed E-state index contributed by atoms with van der Waals surface area (Å²) in [5.41, 5.74) is 2.97. The highest BCUT2D eigenvalue weighted by Crippen LogP contribution is 2.32. The van der Waals surface area contributed by atoms with Gasteiger partial charge in [-0.25, -0.2) is 0 Å². The molecule has 0 atom stereocenters. The van der Waals surface area contributed by atoms with E-state index in [-0.39, 0.29) is 23.7 Å². The van der Waals surface area contributed by atoms with E-state index in [4.69, 9.17) is 4.74 Å². The van der Waals surface area contributed by atoms with Gasteiger partial charge in [-0.2, -0.15) is 0 Å². The van der Waals surface area contributed by atoms with Crippen molar-refractivity contribution in [1.82, 2.24) is 5.32 Å². The molecule has 156 valence electrons. The highest BCUT2D eigenvalue weighted by molar-refractivity contribution is 5.93. The largest absolute Gasteiger partial charge is 0.497 e. The summed E-state index contributed by atoms with van der Waals surface area (Å²) in [4.78, 5) is 26.3. The van der Waals surface area contributed by atoms with Gasteiger partial charge in [-0.05, 0) is 41.2 Å². The van der Waals surface area contributed by atoms with Crippen molar-refractivity contribution in [1.29, 1.82) is 0 Å². The number of para-hydroxylation sites is 1. The molecule has 2 amide bonds. The molecule has 5 heteroatoms. The van der Waals surface area contributed by atoms with E-state index in [9.17, 15) is 9.59 Å². The predicted octanol–water partition coefficient (Wildman–Crippen LogP) is 4.09. The Morgan fingerprint density at radius 2 is 1.79 bits per heavy atom. The molecular weight excluding hydrogens is 364 g/mol. The highest BCUT2D eigenvalue weighted by atomic mass is 16.5. The number of hydrogen-bond acceptors (Lipinski definition) is 3. The van der Waals surface area contributed by atoms with Crippen molar-refractivity contribution in [3.63, 3.8) is 0 Å². The van der Waals surface area contributed by atoms with Crippen molar-refractivity contribution in [3.8, 4) is 5.75 Å². The summed E-state index contributed by atoms with van der Waals surface area (Å²) in [6.07, 6.45) is 0.988. The number of nitrogens with zero attached hydrogens (tertiary/aromatic N) is 1. The number of nitrogens with one attached hydrogen (secondary N) is 1. The van der Waals surface area contributed by atoms with E-state index in [0.29, 0.717) is 13.1 Å². The molecule has 0 fully saturated rings. The zero-order valence-corrected chi connectivity index (χ0v) is 18.1. The highest BCUT2D eigenvalue weighted by Gasteiger charge is 2.23. The molecule has 0 spiro atoms. The summed E-state index contributed by atoms with van der Waals surface area (Å²) in [5.74, 6) is 0.682. The topological polar surface area (TPSA) is 58.6 Å². The summed E-state index contributed by atoms with van der Waals surface area (Å²) in [6.45, 7) is 8.80. The fourth-order valence-corrected chi connectivity index (χ4v) is 3.27. The van der Waals surface area contributed by atoms with Crippen LogP contribution in [0.2, 0.25) is 0 Å². The van der Waals surface area contributed by atoms with E-state index in [0.717, 1.165) is 29.0 Å². The van der Waals surface area contributed by atoms with Crippen molar-refractivity contribution in [3.05, 3.63) is 59.7 Å². The smallest absolute Gasteiger partial charge is 0.223 e. The Bertz CT molecular complexity index is 840. The minimum Gasteiger partial charge on any atom is -0.497 e. The number of amides is 2. The summed E-state index contributed by atoms with van der Waals surface area (Å²) < 4.78 is 5.22. The molecule has 0 heterocycles. The van der Waals surface area contributed by atoms with Gasteiger partial charge in [0.2, 0.25) is 11.8 Å². The number of benzene rings is 2. The number of rotatable bonds is 8. The van der Waals surface area contributed by atoms with Gasteiger partial charge >= 0.3 is 0 Å². The van der Waals surface area contributed by atoms with Crippen LogP contribution in [0.1, 0.15) is 45.2 Å². The van der Waals surface area contributed by atoms with Crippen LogP contribution in [0.25, 0.3) is 0 Å². The van der Waals surface area contributed by atoms with Crippen LogP contribution in [0.4, 0.5) is 5.69 Å². The first kappa shape index (κ1) is 22.5. The Morgan fingerprint density at radius 1 is 1.07 bits per heavy atom. The van der Waals surface area contributed by atoms with Crippen LogP contribution >= 0.6 is 0 Å².